The summed E-state index contributed by atoms with van der Waals surface area (Å²) in [4.78, 5) is 14.4. The van der Waals surface area contributed by atoms with Crippen molar-refractivity contribution in [2.45, 2.75) is 18.6 Å². The topological polar surface area (TPSA) is 40.5 Å². The Morgan fingerprint density at radius 2 is 1.76 bits per heavy atom. The first-order valence-corrected chi connectivity index (χ1v) is 6.95. The van der Waals surface area contributed by atoms with Crippen molar-refractivity contribution in [2.24, 2.45) is 0 Å². The molecule has 1 N–H and O–H groups in total. The third kappa shape index (κ3) is 2.16. The molecular weight excluding hydrogens is 262 g/mol. The number of anilines is 1. The van der Waals surface area contributed by atoms with E-state index in [4.69, 9.17) is 0 Å². The van der Waals surface area contributed by atoms with Crippen LogP contribution in [0.25, 0.3) is 0 Å². The Morgan fingerprint density at radius 3 is 2.48 bits per heavy atom. The lowest BCUT2D eigenvalue weighted by molar-refractivity contribution is -0.135. The van der Waals surface area contributed by atoms with Gasteiger partial charge in [0.2, 0.25) is 0 Å². The Morgan fingerprint density at radius 1 is 1.10 bits per heavy atom. The summed E-state index contributed by atoms with van der Waals surface area (Å²) in [5.74, 6) is -0.285. The normalized spacial score (nSPS) is 20.4. The number of hydrogen-bond acceptors (Lipinski definition) is 2. The van der Waals surface area contributed by atoms with E-state index in [1.165, 1.54) is 0 Å². The fraction of sp³-hybridized carbons (Fsp3) is 0.167. The number of amides is 1. The zero-order chi connectivity index (χ0) is 14.9. The van der Waals surface area contributed by atoms with E-state index in [1.807, 2.05) is 54.6 Å². The minimum atomic E-state index is -1.49. The second kappa shape index (κ2) is 5.19. The van der Waals surface area contributed by atoms with Crippen molar-refractivity contribution in [1.29, 1.82) is 0 Å². The molecule has 3 nitrogen and oxygen atoms in total. The quantitative estimate of drug-likeness (QED) is 0.874. The van der Waals surface area contributed by atoms with Crippen LogP contribution < -0.4 is 4.90 Å². The van der Waals surface area contributed by atoms with Crippen molar-refractivity contribution < 1.29 is 9.90 Å². The molecule has 0 saturated carbocycles. The van der Waals surface area contributed by atoms with Gasteiger partial charge in [-0.05, 0) is 11.6 Å². The molecule has 0 radical (unpaired) electrons. The van der Waals surface area contributed by atoms with Crippen LogP contribution in [-0.2, 0) is 16.9 Å². The van der Waals surface area contributed by atoms with E-state index in [9.17, 15) is 9.90 Å². The van der Waals surface area contributed by atoms with Gasteiger partial charge in [-0.15, -0.1) is 6.58 Å². The molecule has 1 amide bonds. The van der Waals surface area contributed by atoms with Crippen molar-refractivity contribution in [1.82, 2.24) is 0 Å². The van der Waals surface area contributed by atoms with Crippen molar-refractivity contribution in [3.63, 3.8) is 0 Å². The Kier molecular flexibility index (Phi) is 3.35. The lowest BCUT2D eigenvalue weighted by atomic mass is 9.92. The minimum absolute atomic E-state index is 0.216. The minimum Gasteiger partial charge on any atom is -0.375 e. The van der Waals surface area contributed by atoms with Gasteiger partial charge in [0.15, 0.2) is 5.60 Å². The lowest BCUT2D eigenvalue weighted by Gasteiger charge is -2.22. The number of carbonyl (C=O) groups is 1. The van der Waals surface area contributed by atoms with E-state index in [0.717, 1.165) is 11.3 Å². The molecule has 21 heavy (non-hydrogen) atoms. The van der Waals surface area contributed by atoms with Gasteiger partial charge in [0.05, 0.1) is 12.2 Å². The van der Waals surface area contributed by atoms with Crippen molar-refractivity contribution in [3.05, 3.63) is 78.4 Å². The summed E-state index contributed by atoms with van der Waals surface area (Å²) < 4.78 is 0. The third-order valence-corrected chi connectivity index (χ3v) is 3.86. The molecule has 0 aromatic heterocycles. The number of rotatable bonds is 4. The summed E-state index contributed by atoms with van der Waals surface area (Å²) in [5, 5.41) is 10.8. The maximum Gasteiger partial charge on any atom is 0.264 e. The van der Waals surface area contributed by atoms with Crippen LogP contribution in [0.1, 0.15) is 17.5 Å². The summed E-state index contributed by atoms with van der Waals surface area (Å²) in [5.41, 5.74) is 0.970. The van der Waals surface area contributed by atoms with Crippen LogP contribution in [0.2, 0.25) is 0 Å². The summed E-state index contributed by atoms with van der Waals surface area (Å²) in [6.07, 6.45) is 1.80. The van der Waals surface area contributed by atoms with Gasteiger partial charge >= 0.3 is 0 Å². The zero-order valence-electron chi connectivity index (χ0n) is 11.7. The number of hydrogen-bond donors (Lipinski definition) is 1. The van der Waals surface area contributed by atoms with Gasteiger partial charge in [-0.1, -0.05) is 54.6 Å². The molecule has 1 heterocycles. The van der Waals surface area contributed by atoms with E-state index < -0.39 is 5.60 Å². The molecule has 0 unspecified atom stereocenters. The molecule has 1 atom stereocenters. The number of carbonyl (C=O) groups excluding carboxylic acids is 1. The smallest absolute Gasteiger partial charge is 0.264 e. The molecule has 0 saturated heterocycles. The first-order valence-electron chi connectivity index (χ1n) is 6.95. The Hall–Kier alpha value is -2.39. The molecule has 1 aliphatic heterocycles. The first kappa shape index (κ1) is 13.6. The molecule has 0 fully saturated rings. The molecule has 0 bridgehead atoms. The monoisotopic (exact) mass is 279 g/mol. The molecular formula is C18H17NO2. The highest BCUT2D eigenvalue weighted by Crippen LogP contribution is 2.42. The fourth-order valence-corrected chi connectivity index (χ4v) is 2.84. The molecule has 2 aromatic rings. The molecule has 2 aromatic carbocycles. The first-order chi connectivity index (χ1) is 10.2. The fourth-order valence-electron chi connectivity index (χ4n) is 2.84. The SMILES string of the molecule is C=CC[C@]1(O)C(=O)N(Cc2ccccc2)c2ccccc21. The predicted molar refractivity (Wildman–Crippen MR) is 82.8 cm³/mol. The average Bonchev–Trinajstić information content (AvgIpc) is 2.72. The highest BCUT2D eigenvalue weighted by atomic mass is 16.3. The van der Waals surface area contributed by atoms with Crippen molar-refractivity contribution in [2.75, 3.05) is 4.90 Å². The summed E-state index contributed by atoms with van der Waals surface area (Å²) >= 11 is 0. The predicted octanol–water partition coefficient (Wildman–Crippen LogP) is 3.00. The van der Waals surface area contributed by atoms with Gasteiger partial charge in [-0.3, -0.25) is 4.79 Å². The highest BCUT2D eigenvalue weighted by Gasteiger charge is 2.48. The molecule has 106 valence electrons. The van der Waals surface area contributed by atoms with Crippen molar-refractivity contribution >= 4 is 11.6 Å². The lowest BCUT2D eigenvalue weighted by Crippen LogP contribution is -2.39. The average molecular weight is 279 g/mol. The maximum atomic E-state index is 12.7. The summed E-state index contributed by atoms with van der Waals surface area (Å²) in [6, 6.07) is 17.2. The van der Waals surface area contributed by atoms with E-state index in [1.54, 1.807) is 11.0 Å². The Bertz CT molecular complexity index is 681. The number of aliphatic hydroxyl groups is 1. The van der Waals surface area contributed by atoms with Crippen LogP contribution in [0, 0.1) is 0 Å². The number of para-hydroxylation sites is 1. The number of benzene rings is 2. The molecule has 3 heteroatoms. The van der Waals surface area contributed by atoms with E-state index in [-0.39, 0.29) is 12.3 Å². The Labute approximate surface area is 124 Å². The van der Waals surface area contributed by atoms with E-state index in [2.05, 4.69) is 6.58 Å². The summed E-state index contributed by atoms with van der Waals surface area (Å²) in [6.45, 7) is 4.11. The van der Waals surface area contributed by atoms with Crippen LogP contribution in [0.4, 0.5) is 5.69 Å². The van der Waals surface area contributed by atoms with Crippen LogP contribution in [0.3, 0.4) is 0 Å². The second-order valence-electron chi connectivity index (χ2n) is 5.25. The Balaban J connectivity index is 2.03. The van der Waals surface area contributed by atoms with E-state index in [0.29, 0.717) is 12.1 Å². The van der Waals surface area contributed by atoms with Gasteiger partial charge in [0.25, 0.3) is 5.91 Å². The third-order valence-electron chi connectivity index (χ3n) is 3.86. The number of fused-ring (bicyclic) bond motifs is 1. The highest BCUT2D eigenvalue weighted by molar-refractivity contribution is 6.06. The summed E-state index contributed by atoms with van der Waals surface area (Å²) in [7, 11) is 0. The second-order valence-corrected chi connectivity index (χ2v) is 5.25. The van der Waals surface area contributed by atoms with Crippen LogP contribution >= 0.6 is 0 Å². The zero-order valence-corrected chi connectivity index (χ0v) is 11.7. The molecule has 1 aliphatic rings. The molecule has 3 rings (SSSR count). The van der Waals surface area contributed by atoms with Crippen LogP contribution in [-0.4, -0.2) is 11.0 Å². The van der Waals surface area contributed by atoms with Crippen LogP contribution in [0.15, 0.2) is 67.3 Å². The van der Waals surface area contributed by atoms with Gasteiger partial charge < -0.3 is 10.0 Å². The standard InChI is InChI=1S/C18H17NO2/c1-2-12-18(21)15-10-6-7-11-16(15)19(17(18)20)13-14-8-4-3-5-9-14/h2-11,21H,1,12-13H2/t18-/m1/s1. The van der Waals surface area contributed by atoms with Gasteiger partial charge in [-0.2, -0.15) is 0 Å². The van der Waals surface area contributed by atoms with Crippen LogP contribution in [0.5, 0.6) is 0 Å². The largest absolute Gasteiger partial charge is 0.375 e. The molecule has 0 spiro atoms. The van der Waals surface area contributed by atoms with Gasteiger partial charge in [-0.25, -0.2) is 0 Å². The molecule has 0 aliphatic carbocycles. The number of nitrogens with zero attached hydrogens (tertiary/aromatic N) is 1. The van der Waals surface area contributed by atoms with Crippen molar-refractivity contribution in [3.8, 4) is 0 Å². The van der Waals surface area contributed by atoms with Gasteiger partial charge in [0, 0.05) is 12.0 Å². The maximum absolute atomic E-state index is 12.7. The van der Waals surface area contributed by atoms with Gasteiger partial charge in [0.1, 0.15) is 0 Å². The van der Waals surface area contributed by atoms with E-state index >= 15 is 0 Å².